The first-order chi connectivity index (χ1) is 15.4. The lowest BCUT2D eigenvalue weighted by atomic mass is 10.1. The third kappa shape index (κ3) is 3.67. The van der Waals surface area contributed by atoms with Crippen molar-refractivity contribution in [2.45, 2.75) is 16.8 Å². The molecule has 0 bridgehead atoms. The summed E-state index contributed by atoms with van der Waals surface area (Å²) in [7, 11) is -3.91. The van der Waals surface area contributed by atoms with Crippen LogP contribution in [0.2, 0.25) is 5.02 Å². The number of hydrogen-bond donors (Lipinski definition) is 2. The van der Waals surface area contributed by atoms with Gasteiger partial charge in [0.05, 0.1) is 31.4 Å². The van der Waals surface area contributed by atoms with Gasteiger partial charge in [-0.1, -0.05) is 17.7 Å². The van der Waals surface area contributed by atoms with Crippen molar-refractivity contribution in [1.82, 2.24) is 19.2 Å². The summed E-state index contributed by atoms with van der Waals surface area (Å²) in [4.78, 5) is 22.0. The van der Waals surface area contributed by atoms with Gasteiger partial charge in [-0.15, -0.1) is 11.3 Å². The number of aliphatic hydroxyl groups excluding tert-OH is 1. The standard InChI is InChI=1S/C21H19ClN4O4S2/c22-14-2-1-13-7-21(31-19(13)8-14)32(29,30)25-9-15(12-27)26(20(28)11-25)10-18-16-3-5-23-17(16)4-6-24-18/h1-8,15,23,27H,9-12H2/t15-/m1/s1. The molecule has 1 fully saturated rings. The van der Waals surface area contributed by atoms with Gasteiger partial charge in [0, 0.05) is 39.6 Å². The largest absolute Gasteiger partial charge is 0.394 e. The monoisotopic (exact) mass is 490 g/mol. The zero-order chi connectivity index (χ0) is 22.5. The number of halogens is 1. The molecule has 1 amide bonds. The van der Waals surface area contributed by atoms with Gasteiger partial charge in [0.15, 0.2) is 0 Å². The number of nitrogens with one attached hydrogen (secondary N) is 1. The molecule has 0 saturated carbocycles. The number of carbonyl (C=O) groups is 1. The molecule has 8 nitrogen and oxygen atoms in total. The molecular weight excluding hydrogens is 472 g/mol. The normalized spacial score (nSPS) is 18.1. The third-order valence-electron chi connectivity index (χ3n) is 5.63. The molecule has 5 rings (SSSR count). The van der Waals surface area contributed by atoms with Crippen LogP contribution in [0.1, 0.15) is 5.69 Å². The summed E-state index contributed by atoms with van der Waals surface area (Å²) in [5, 5.41) is 12.2. The molecule has 4 aromatic rings. The summed E-state index contributed by atoms with van der Waals surface area (Å²) in [5.74, 6) is -0.377. The van der Waals surface area contributed by atoms with Gasteiger partial charge in [-0.25, -0.2) is 8.42 Å². The molecule has 11 heteroatoms. The minimum Gasteiger partial charge on any atom is -0.394 e. The Hall–Kier alpha value is -2.50. The summed E-state index contributed by atoms with van der Waals surface area (Å²) in [6, 6.07) is 9.82. The second-order valence-corrected chi connectivity index (χ2v) is 11.3. The fraction of sp³-hybridized carbons (Fsp3) is 0.238. The van der Waals surface area contributed by atoms with Crippen LogP contribution >= 0.6 is 22.9 Å². The van der Waals surface area contributed by atoms with Gasteiger partial charge in [0.2, 0.25) is 5.91 Å². The minimum absolute atomic E-state index is 0.00267. The smallest absolute Gasteiger partial charge is 0.253 e. The zero-order valence-electron chi connectivity index (χ0n) is 16.7. The van der Waals surface area contributed by atoms with Crippen LogP contribution in [-0.4, -0.2) is 64.3 Å². The SMILES string of the molecule is O=C1CN(S(=O)(=O)c2cc3ccc(Cl)cc3s2)C[C@H](CO)N1Cc1nccc2[nH]ccc12. The number of aromatic nitrogens is 2. The maximum atomic E-state index is 13.3. The van der Waals surface area contributed by atoms with Gasteiger partial charge in [-0.3, -0.25) is 9.78 Å². The number of pyridine rings is 1. The summed E-state index contributed by atoms with van der Waals surface area (Å²) >= 11 is 7.13. The zero-order valence-corrected chi connectivity index (χ0v) is 19.1. The van der Waals surface area contributed by atoms with E-state index in [9.17, 15) is 18.3 Å². The number of fused-ring (bicyclic) bond motifs is 2. The van der Waals surface area contributed by atoms with E-state index in [1.165, 1.54) is 4.90 Å². The van der Waals surface area contributed by atoms with Crippen LogP contribution in [0.5, 0.6) is 0 Å². The Morgan fingerprint density at radius 2 is 2.09 bits per heavy atom. The average Bonchev–Trinajstić information content (AvgIpc) is 3.42. The van der Waals surface area contributed by atoms with E-state index < -0.39 is 16.1 Å². The molecule has 0 unspecified atom stereocenters. The van der Waals surface area contributed by atoms with E-state index in [1.807, 2.05) is 12.1 Å². The van der Waals surface area contributed by atoms with E-state index >= 15 is 0 Å². The molecule has 1 aromatic carbocycles. The number of nitrogens with zero attached hydrogens (tertiary/aromatic N) is 3. The van der Waals surface area contributed by atoms with Gasteiger partial charge in [-0.2, -0.15) is 4.31 Å². The van der Waals surface area contributed by atoms with Crippen molar-refractivity contribution >= 4 is 59.9 Å². The highest BCUT2D eigenvalue weighted by molar-refractivity contribution is 7.91. The number of amides is 1. The molecule has 0 aliphatic carbocycles. The van der Waals surface area contributed by atoms with Gasteiger partial charge in [0.25, 0.3) is 10.0 Å². The van der Waals surface area contributed by atoms with Crippen LogP contribution < -0.4 is 0 Å². The number of benzene rings is 1. The number of thiophene rings is 1. The lowest BCUT2D eigenvalue weighted by Crippen LogP contribution is -2.58. The van der Waals surface area contributed by atoms with Gasteiger partial charge >= 0.3 is 0 Å². The Labute approximate surface area is 193 Å². The highest BCUT2D eigenvalue weighted by Crippen LogP contribution is 2.33. The van der Waals surface area contributed by atoms with Crippen molar-refractivity contribution in [3.8, 4) is 0 Å². The number of hydrogen-bond acceptors (Lipinski definition) is 6. The second kappa shape index (κ2) is 8.13. The van der Waals surface area contributed by atoms with Crippen molar-refractivity contribution in [3.63, 3.8) is 0 Å². The first-order valence-electron chi connectivity index (χ1n) is 9.87. The van der Waals surface area contributed by atoms with E-state index in [4.69, 9.17) is 11.6 Å². The van der Waals surface area contributed by atoms with Crippen LogP contribution in [0.4, 0.5) is 0 Å². The molecule has 2 N–H and O–H groups in total. The van der Waals surface area contributed by atoms with Crippen LogP contribution in [-0.2, 0) is 21.4 Å². The lowest BCUT2D eigenvalue weighted by Gasteiger charge is -2.39. The molecule has 3 aromatic heterocycles. The van der Waals surface area contributed by atoms with Crippen molar-refractivity contribution in [3.05, 3.63) is 59.5 Å². The molecule has 1 atom stereocenters. The minimum atomic E-state index is -3.91. The highest BCUT2D eigenvalue weighted by atomic mass is 35.5. The highest BCUT2D eigenvalue weighted by Gasteiger charge is 2.39. The first kappa shape index (κ1) is 21.4. The van der Waals surface area contributed by atoms with Crippen molar-refractivity contribution < 1.29 is 18.3 Å². The Kier molecular flexibility index (Phi) is 5.42. The Morgan fingerprint density at radius 3 is 2.91 bits per heavy atom. The van der Waals surface area contributed by atoms with Crippen molar-refractivity contribution in [1.29, 1.82) is 0 Å². The average molecular weight is 491 g/mol. The predicted molar refractivity (Wildman–Crippen MR) is 123 cm³/mol. The van der Waals surface area contributed by atoms with Crippen LogP contribution in [0, 0.1) is 0 Å². The number of aromatic amines is 1. The quantitative estimate of drug-likeness (QED) is 0.447. The Balaban J connectivity index is 1.42. The number of aliphatic hydroxyl groups is 1. The van der Waals surface area contributed by atoms with Gasteiger partial charge in [0.1, 0.15) is 4.21 Å². The Morgan fingerprint density at radius 1 is 1.25 bits per heavy atom. The topological polar surface area (TPSA) is 107 Å². The molecular formula is C21H19ClN4O4S2. The van der Waals surface area contributed by atoms with Crippen molar-refractivity contribution in [2.24, 2.45) is 0 Å². The van der Waals surface area contributed by atoms with E-state index in [1.54, 1.807) is 36.7 Å². The summed E-state index contributed by atoms with van der Waals surface area (Å²) in [6.07, 6.45) is 3.45. The predicted octanol–water partition coefficient (Wildman–Crippen LogP) is 2.83. The first-order valence-corrected chi connectivity index (χ1v) is 12.5. The summed E-state index contributed by atoms with van der Waals surface area (Å²) in [6.45, 7) is -0.461. The molecule has 1 aliphatic rings. The Bertz CT molecular complexity index is 1430. The molecule has 1 aliphatic heterocycles. The molecule has 4 heterocycles. The third-order valence-corrected chi connectivity index (χ3v) is 9.23. The molecule has 1 saturated heterocycles. The van der Waals surface area contributed by atoms with Crippen LogP contribution in [0.3, 0.4) is 0 Å². The maximum absolute atomic E-state index is 13.3. The molecule has 0 radical (unpaired) electrons. The lowest BCUT2D eigenvalue weighted by molar-refractivity contribution is -0.139. The van der Waals surface area contributed by atoms with E-state index in [-0.39, 0.29) is 36.4 Å². The fourth-order valence-corrected chi connectivity index (χ4v) is 7.22. The van der Waals surface area contributed by atoms with E-state index in [0.29, 0.717) is 10.7 Å². The molecule has 32 heavy (non-hydrogen) atoms. The van der Waals surface area contributed by atoms with Gasteiger partial charge in [-0.05, 0) is 35.7 Å². The molecule has 166 valence electrons. The van der Waals surface area contributed by atoms with E-state index in [2.05, 4.69) is 9.97 Å². The van der Waals surface area contributed by atoms with Crippen molar-refractivity contribution in [2.75, 3.05) is 19.7 Å². The van der Waals surface area contributed by atoms with Crippen LogP contribution in [0.15, 0.2) is 53.0 Å². The number of rotatable bonds is 5. The summed E-state index contributed by atoms with van der Waals surface area (Å²) in [5.41, 5.74) is 1.59. The fourth-order valence-electron chi connectivity index (χ4n) is 3.97. The van der Waals surface area contributed by atoms with Crippen LogP contribution in [0.25, 0.3) is 21.0 Å². The van der Waals surface area contributed by atoms with Gasteiger partial charge < -0.3 is 15.0 Å². The summed E-state index contributed by atoms with van der Waals surface area (Å²) < 4.78 is 28.6. The number of sulfonamides is 1. The maximum Gasteiger partial charge on any atom is 0.253 e. The number of carbonyl (C=O) groups excluding carboxylic acids is 1. The number of H-pyrrole nitrogens is 1. The number of piperazine rings is 1. The molecule has 0 spiro atoms. The second-order valence-electron chi connectivity index (χ2n) is 7.60. The van der Waals surface area contributed by atoms with E-state index in [0.717, 1.165) is 36.6 Å².